The molecule has 1 aromatic rings. The van der Waals surface area contributed by atoms with E-state index in [9.17, 15) is 0 Å². The van der Waals surface area contributed by atoms with Crippen molar-refractivity contribution < 1.29 is 14.2 Å². The maximum atomic E-state index is 5.60. The van der Waals surface area contributed by atoms with Gasteiger partial charge in [-0.2, -0.15) is 0 Å². The van der Waals surface area contributed by atoms with Crippen LogP contribution in [0.4, 0.5) is 0 Å². The summed E-state index contributed by atoms with van der Waals surface area (Å²) in [6.07, 6.45) is 1.94. The van der Waals surface area contributed by atoms with E-state index in [1.807, 2.05) is 12.1 Å². The molecule has 3 nitrogen and oxygen atoms in total. The van der Waals surface area contributed by atoms with E-state index in [1.165, 1.54) is 5.57 Å². The molecule has 0 aromatic heterocycles. The van der Waals surface area contributed by atoms with E-state index in [0.717, 1.165) is 16.9 Å². The molecule has 16 heavy (non-hydrogen) atoms. The second kappa shape index (κ2) is 3.92. The van der Waals surface area contributed by atoms with Crippen LogP contribution >= 0.6 is 0 Å². The molecule has 0 N–H and O–H groups in total. The Labute approximate surface area is 94.6 Å². The van der Waals surface area contributed by atoms with Crippen molar-refractivity contribution in [3.8, 4) is 5.75 Å². The van der Waals surface area contributed by atoms with Gasteiger partial charge in [0.15, 0.2) is 6.29 Å². The lowest BCUT2D eigenvalue weighted by Gasteiger charge is -2.18. The minimum absolute atomic E-state index is 0.207. The molecule has 0 unspecified atom stereocenters. The molecule has 2 heterocycles. The first kappa shape index (κ1) is 9.87. The maximum absolute atomic E-state index is 5.60. The predicted molar refractivity (Wildman–Crippen MR) is 60.2 cm³/mol. The highest BCUT2D eigenvalue weighted by atomic mass is 16.7. The summed E-state index contributed by atoms with van der Waals surface area (Å²) in [6, 6.07) is 6.07. The number of ether oxygens (including phenoxy) is 3. The summed E-state index contributed by atoms with van der Waals surface area (Å²) >= 11 is 0. The Morgan fingerprint density at radius 3 is 2.81 bits per heavy atom. The molecule has 0 bridgehead atoms. The second-order valence-corrected chi connectivity index (χ2v) is 4.15. The Kier molecular flexibility index (Phi) is 2.42. The fraction of sp³-hybridized carbons (Fsp3) is 0.385. The quantitative estimate of drug-likeness (QED) is 0.725. The largest absolute Gasteiger partial charge is 0.489 e. The van der Waals surface area contributed by atoms with Crippen molar-refractivity contribution in [1.82, 2.24) is 0 Å². The van der Waals surface area contributed by atoms with Crippen molar-refractivity contribution in [2.45, 2.75) is 13.2 Å². The molecule has 0 radical (unpaired) electrons. The Balaban J connectivity index is 1.95. The highest BCUT2D eigenvalue weighted by molar-refractivity contribution is 5.62. The van der Waals surface area contributed by atoms with E-state index < -0.39 is 0 Å². The van der Waals surface area contributed by atoms with Crippen LogP contribution < -0.4 is 4.74 Å². The van der Waals surface area contributed by atoms with Crippen LogP contribution in [0.15, 0.2) is 23.8 Å². The SMILES string of the molecule is CC1=Cc2cc(C3OCCO3)ccc2OC1. The predicted octanol–water partition coefficient (Wildman–Crippen LogP) is 2.53. The van der Waals surface area contributed by atoms with Gasteiger partial charge in [0.2, 0.25) is 0 Å². The Hall–Kier alpha value is -1.32. The summed E-state index contributed by atoms with van der Waals surface area (Å²) in [4.78, 5) is 0. The van der Waals surface area contributed by atoms with E-state index in [1.54, 1.807) is 0 Å². The molecule has 2 aliphatic rings. The number of hydrogen-bond donors (Lipinski definition) is 0. The normalized spacial score (nSPS) is 20.2. The molecule has 0 spiro atoms. The van der Waals surface area contributed by atoms with Gasteiger partial charge in [-0.25, -0.2) is 0 Å². The van der Waals surface area contributed by atoms with E-state index >= 15 is 0 Å². The Morgan fingerprint density at radius 2 is 2.00 bits per heavy atom. The standard InChI is InChI=1S/C13H14O3/c1-9-6-11-7-10(13-14-4-5-15-13)2-3-12(11)16-8-9/h2-3,6-7,13H,4-5,8H2,1H3. The summed E-state index contributed by atoms with van der Waals surface area (Å²) in [5.41, 5.74) is 3.41. The molecule has 1 fully saturated rings. The van der Waals surface area contributed by atoms with Crippen molar-refractivity contribution in [3.63, 3.8) is 0 Å². The number of rotatable bonds is 1. The highest BCUT2D eigenvalue weighted by Crippen LogP contribution is 2.31. The van der Waals surface area contributed by atoms with Crippen LogP contribution in [0.5, 0.6) is 5.75 Å². The molecule has 0 aliphatic carbocycles. The minimum Gasteiger partial charge on any atom is -0.489 e. The summed E-state index contributed by atoms with van der Waals surface area (Å²) in [5.74, 6) is 0.937. The van der Waals surface area contributed by atoms with Crippen LogP contribution in [0.1, 0.15) is 24.3 Å². The van der Waals surface area contributed by atoms with Gasteiger partial charge >= 0.3 is 0 Å². The van der Waals surface area contributed by atoms with Gasteiger partial charge in [0, 0.05) is 11.1 Å². The van der Waals surface area contributed by atoms with Crippen LogP contribution in [0.3, 0.4) is 0 Å². The average molecular weight is 218 g/mol. The van der Waals surface area contributed by atoms with E-state index in [-0.39, 0.29) is 6.29 Å². The fourth-order valence-corrected chi connectivity index (χ4v) is 2.01. The molecule has 1 saturated heterocycles. The average Bonchev–Trinajstić information content (AvgIpc) is 2.81. The first-order valence-electron chi connectivity index (χ1n) is 5.50. The monoisotopic (exact) mass is 218 g/mol. The van der Waals surface area contributed by atoms with Crippen molar-refractivity contribution in [2.75, 3.05) is 19.8 Å². The molecule has 3 heteroatoms. The third-order valence-electron chi connectivity index (χ3n) is 2.79. The third kappa shape index (κ3) is 1.72. The topological polar surface area (TPSA) is 27.7 Å². The molecule has 3 rings (SSSR count). The highest BCUT2D eigenvalue weighted by Gasteiger charge is 2.20. The van der Waals surface area contributed by atoms with Gasteiger partial charge in [0.25, 0.3) is 0 Å². The van der Waals surface area contributed by atoms with Gasteiger partial charge in [-0.15, -0.1) is 0 Å². The van der Waals surface area contributed by atoms with Crippen LogP contribution in [-0.2, 0) is 9.47 Å². The summed E-state index contributed by atoms with van der Waals surface area (Å²) in [5, 5.41) is 0. The Bertz CT molecular complexity index is 431. The van der Waals surface area contributed by atoms with Crippen molar-refractivity contribution in [3.05, 3.63) is 34.9 Å². The van der Waals surface area contributed by atoms with E-state index in [0.29, 0.717) is 19.8 Å². The molecule has 0 atom stereocenters. The summed E-state index contributed by atoms with van der Waals surface area (Å²) in [6.45, 7) is 4.10. The minimum atomic E-state index is -0.207. The van der Waals surface area contributed by atoms with Crippen molar-refractivity contribution in [1.29, 1.82) is 0 Å². The van der Waals surface area contributed by atoms with Gasteiger partial charge in [0.1, 0.15) is 12.4 Å². The molecule has 0 amide bonds. The maximum Gasteiger partial charge on any atom is 0.184 e. The number of fused-ring (bicyclic) bond motifs is 1. The molecule has 0 saturated carbocycles. The fourth-order valence-electron chi connectivity index (χ4n) is 2.01. The molecular weight excluding hydrogens is 204 g/mol. The lowest BCUT2D eigenvalue weighted by atomic mass is 10.0. The van der Waals surface area contributed by atoms with E-state index in [4.69, 9.17) is 14.2 Å². The van der Waals surface area contributed by atoms with E-state index in [2.05, 4.69) is 19.1 Å². The zero-order valence-electron chi connectivity index (χ0n) is 9.23. The van der Waals surface area contributed by atoms with Crippen molar-refractivity contribution in [2.24, 2.45) is 0 Å². The molecular formula is C13H14O3. The van der Waals surface area contributed by atoms with Crippen LogP contribution in [0, 0.1) is 0 Å². The first-order valence-corrected chi connectivity index (χ1v) is 5.50. The van der Waals surface area contributed by atoms with Gasteiger partial charge in [-0.05, 0) is 30.7 Å². The lowest BCUT2D eigenvalue weighted by molar-refractivity contribution is -0.0441. The van der Waals surface area contributed by atoms with Crippen LogP contribution in [-0.4, -0.2) is 19.8 Å². The second-order valence-electron chi connectivity index (χ2n) is 4.15. The van der Waals surface area contributed by atoms with Crippen LogP contribution in [0.25, 0.3) is 6.08 Å². The van der Waals surface area contributed by atoms with Crippen molar-refractivity contribution >= 4 is 6.08 Å². The first-order chi connectivity index (χ1) is 7.83. The summed E-state index contributed by atoms with van der Waals surface area (Å²) < 4.78 is 16.5. The lowest BCUT2D eigenvalue weighted by Crippen LogP contribution is -2.06. The number of hydrogen-bond acceptors (Lipinski definition) is 3. The molecule has 1 aromatic carbocycles. The molecule has 2 aliphatic heterocycles. The Morgan fingerprint density at radius 1 is 1.19 bits per heavy atom. The zero-order valence-corrected chi connectivity index (χ0v) is 9.23. The van der Waals surface area contributed by atoms with Gasteiger partial charge in [-0.1, -0.05) is 6.07 Å². The van der Waals surface area contributed by atoms with Gasteiger partial charge < -0.3 is 14.2 Å². The number of benzene rings is 1. The van der Waals surface area contributed by atoms with Crippen LogP contribution in [0.2, 0.25) is 0 Å². The van der Waals surface area contributed by atoms with Gasteiger partial charge in [0.05, 0.1) is 13.2 Å². The van der Waals surface area contributed by atoms with Gasteiger partial charge in [-0.3, -0.25) is 0 Å². The zero-order chi connectivity index (χ0) is 11.0. The summed E-state index contributed by atoms with van der Waals surface area (Å²) in [7, 11) is 0. The third-order valence-corrected chi connectivity index (χ3v) is 2.79. The smallest absolute Gasteiger partial charge is 0.184 e. The molecule has 84 valence electrons.